The molecule has 0 radical (unpaired) electrons. The van der Waals surface area contributed by atoms with Crippen molar-refractivity contribution in [3.63, 3.8) is 0 Å². The zero-order valence-corrected chi connectivity index (χ0v) is 10.7. The first-order chi connectivity index (χ1) is 8.11. The Labute approximate surface area is 109 Å². The molecule has 17 heavy (non-hydrogen) atoms. The molecular formula is C11H11Cl2N3O. The Bertz CT molecular complexity index is 527. The molecule has 0 aliphatic rings. The molecule has 0 bridgehead atoms. The molecule has 1 aromatic carbocycles. The van der Waals surface area contributed by atoms with Gasteiger partial charge in [0.25, 0.3) is 5.89 Å². The summed E-state index contributed by atoms with van der Waals surface area (Å²) in [6.45, 7) is 2.41. The van der Waals surface area contributed by atoms with Crippen molar-refractivity contribution in [1.29, 1.82) is 0 Å². The van der Waals surface area contributed by atoms with Crippen LogP contribution in [0.1, 0.15) is 18.7 Å². The number of halogens is 2. The van der Waals surface area contributed by atoms with Crippen molar-refractivity contribution in [1.82, 2.24) is 10.1 Å². The van der Waals surface area contributed by atoms with Crippen LogP contribution >= 0.6 is 23.2 Å². The lowest BCUT2D eigenvalue weighted by atomic mass is 10.2. The van der Waals surface area contributed by atoms with E-state index in [1.807, 2.05) is 6.92 Å². The Morgan fingerprint density at radius 3 is 2.76 bits per heavy atom. The fourth-order valence-electron chi connectivity index (χ4n) is 1.29. The van der Waals surface area contributed by atoms with Crippen molar-refractivity contribution in [3.05, 3.63) is 34.1 Å². The van der Waals surface area contributed by atoms with Crippen LogP contribution in [-0.4, -0.2) is 16.7 Å². The van der Waals surface area contributed by atoms with Crippen molar-refractivity contribution in [2.45, 2.75) is 12.8 Å². The lowest BCUT2D eigenvalue weighted by Gasteiger charge is -1.99. The predicted octanol–water partition coefficient (Wildman–Crippen LogP) is 3.11. The second kappa shape index (κ2) is 5.04. The van der Waals surface area contributed by atoms with E-state index in [0.717, 1.165) is 5.56 Å². The monoisotopic (exact) mass is 271 g/mol. The highest BCUT2D eigenvalue weighted by molar-refractivity contribution is 6.42. The normalized spacial score (nSPS) is 12.7. The Kier molecular flexibility index (Phi) is 3.66. The number of hydrogen-bond acceptors (Lipinski definition) is 4. The van der Waals surface area contributed by atoms with Gasteiger partial charge < -0.3 is 10.3 Å². The van der Waals surface area contributed by atoms with E-state index in [2.05, 4.69) is 10.1 Å². The minimum atomic E-state index is 0.0651. The molecule has 1 atom stereocenters. The fourth-order valence-corrected chi connectivity index (χ4v) is 1.58. The summed E-state index contributed by atoms with van der Waals surface area (Å²) < 4.78 is 5.15. The minimum absolute atomic E-state index is 0.0651. The summed E-state index contributed by atoms with van der Waals surface area (Å²) in [6, 6.07) is 5.16. The van der Waals surface area contributed by atoms with Gasteiger partial charge in [-0.3, -0.25) is 0 Å². The molecule has 90 valence electrons. The smallest absolute Gasteiger partial charge is 0.257 e. The molecule has 0 spiro atoms. The van der Waals surface area contributed by atoms with Crippen LogP contribution in [0.5, 0.6) is 0 Å². The summed E-state index contributed by atoms with van der Waals surface area (Å²) in [7, 11) is 0. The van der Waals surface area contributed by atoms with Gasteiger partial charge in [-0.1, -0.05) is 35.3 Å². The Morgan fingerprint density at radius 1 is 1.35 bits per heavy atom. The maximum absolute atomic E-state index is 5.92. The first-order valence-electron chi connectivity index (χ1n) is 5.11. The maximum atomic E-state index is 5.92. The summed E-state index contributed by atoms with van der Waals surface area (Å²) in [4.78, 5) is 4.26. The molecule has 0 aliphatic heterocycles. The van der Waals surface area contributed by atoms with E-state index in [4.69, 9.17) is 33.5 Å². The average Bonchev–Trinajstić information content (AvgIpc) is 2.81. The third-order valence-electron chi connectivity index (χ3n) is 2.40. The second-order valence-electron chi connectivity index (χ2n) is 3.72. The standard InChI is InChI=1S/C11H11Cl2N3O/c1-6(5-14)10-15-11(17-16-10)7-2-3-8(12)9(13)4-7/h2-4,6H,5,14H2,1H3. The van der Waals surface area contributed by atoms with Gasteiger partial charge in [0, 0.05) is 18.0 Å². The van der Waals surface area contributed by atoms with Crippen LogP contribution in [0.25, 0.3) is 11.5 Å². The van der Waals surface area contributed by atoms with Gasteiger partial charge in [-0.05, 0) is 18.2 Å². The van der Waals surface area contributed by atoms with Crippen molar-refractivity contribution >= 4 is 23.2 Å². The molecule has 0 amide bonds. The van der Waals surface area contributed by atoms with Crippen LogP contribution in [0.3, 0.4) is 0 Å². The Hall–Kier alpha value is -1.10. The van der Waals surface area contributed by atoms with Gasteiger partial charge in [-0.15, -0.1) is 0 Å². The first-order valence-corrected chi connectivity index (χ1v) is 5.86. The topological polar surface area (TPSA) is 64.9 Å². The van der Waals surface area contributed by atoms with Crippen molar-refractivity contribution in [3.8, 4) is 11.5 Å². The van der Waals surface area contributed by atoms with Crippen LogP contribution in [0.15, 0.2) is 22.7 Å². The maximum Gasteiger partial charge on any atom is 0.257 e. The van der Waals surface area contributed by atoms with E-state index < -0.39 is 0 Å². The van der Waals surface area contributed by atoms with Crippen molar-refractivity contribution < 1.29 is 4.52 Å². The summed E-state index contributed by atoms with van der Waals surface area (Å²) in [6.07, 6.45) is 0. The number of benzene rings is 1. The molecule has 2 aromatic rings. The fraction of sp³-hybridized carbons (Fsp3) is 0.273. The molecule has 0 fully saturated rings. The lowest BCUT2D eigenvalue weighted by Crippen LogP contribution is -2.10. The number of rotatable bonds is 3. The Morgan fingerprint density at radius 2 is 2.12 bits per heavy atom. The first kappa shape index (κ1) is 12.4. The van der Waals surface area contributed by atoms with Gasteiger partial charge in [-0.2, -0.15) is 4.98 Å². The summed E-state index contributed by atoms with van der Waals surface area (Å²) in [5.74, 6) is 1.07. The van der Waals surface area contributed by atoms with Gasteiger partial charge in [0.15, 0.2) is 5.82 Å². The van der Waals surface area contributed by atoms with Crippen LogP contribution in [0, 0.1) is 0 Å². The average molecular weight is 272 g/mol. The molecule has 0 saturated carbocycles. The molecule has 6 heteroatoms. The molecule has 1 unspecified atom stereocenters. The molecule has 2 N–H and O–H groups in total. The van der Waals surface area contributed by atoms with E-state index in [0.29, 0.717) is 28.3 Å². The largest absolute Gasteiger partial charge is 0.334 e. The van der Waals surface area contributed by atoms with Gasteiger partial charge in [0.2, 0.25) is 0 Å². The van der Waals surface area contributed by atoms with Gasteiger partial charge in [-0.25, -0.2) is 0 Å². The van der Waals surface area contributed by atoms with Crippen LogP contribution in [0.4, 0.5) is 0 Å². The predicted molar refractivity (Wildman–Crippen MR) is 67.2 cm³/mol. The van der Waals surface area contributed by atoms with Gasteiger partial charge in [0.05, 0.1) is 10.0 Å². The van der Waals surface area contributed by atoms with Crippen molar-refractivity contribution in [2.75, 3.05) is 6.54 Å². The van der Waals surface area contributed by atoms with Crippen LogP contribution in [-0.2, 0) is 0 Å². The van der Waals surface area contributed by atoms with Gasteiger partial charge in [0.1, 0.15) is 0 Å². The highest BCUT2D eigenvalue weighted by Gasteiger charge is 2.14. The highest BCUT2D eigenvalue weighted by Crippen LogP contribution is 2.28. The minimum Gasteiger partial charge on any atom is -0.334 e. The molecule has 4 nitrogen and oxygen atoms in total. The third-order valence-corrected chi connectivity index (χ3v) is 3.14. The Balaban J connectivity index is 2.33. The van der Waals surface area contributed by atoms with E-state index >= 15 is 0 Å². The van der Waals surface area contributed by atoms with Gasteiger partial charge >= 0.3 is 0 Å². The molecule has 1 aromatic heterocycles. The third kappa shape index (κ3) is 2.60. The quantitative estimate of drug-likeness (QED) is 0.932. The SMILES string of the molecule is CC(CN)c1noc(-c2ccc(Cl)c(Cl)c2)n1. The lowest BCUT2D eigenvalue weighted by molar-refractivity contribution is 0.418. The molecule has 0 saturated heterocycles. The van der Waals surface area contributed by atoms with Crippen LogP contribution in [0.2, 0.25) is 10.0 Å². The molecule has 1 heterocycles. The number of hydrogen-bond donors (Lipinski definition) is 1. The summed E-state index contributed by atoms with van der Waals surface area (Å²) >= 11 is 11.7. The highest BCUT2D eigenvalue weighted by atomic mass is 35.5. The molecular weight excluding hydrogens is 261 g/mol. The van der Waals surface area contributed by atoms with E-state index in [9.17, 15) is 0 Å². The number of nitrogens with zero attached hydrogens (tertiary/aromatic N) is 2. The van der Waals surface area contributed by atoms with Crippen molar-refractivity contribution in [2.24, 2.45) is 5.73 Å². The zero-order chi connectivity index (χ0) is 12.4. The van der Waals surface area contributed by atoms with E-state index in [1.165, 1.54) is 0 Å². The molecule has 0 aliphatic carbocycles. The number of aromatic nitrogens is 2. The van der Waals surface area contributed by atoms with E-state index in [-0.39, 0.29) is 5.92 Å². The molecule has 2 rings (SSSR count). The zero-order valence-electron chi connectivity index (χ0n) is 9.15. The summed E-state index contributed by atoms with van der Waals surface area (Å²) in [5, 5.41) is 4.82. The second-order valence-corrected chi connectivity index (χ2v) is 4.54. The summed E-state index contributed by atoms with van der Waals surface area (Å²) in [5.41, 5.74) is 6.27. The number of nitrogens with two attached hydrogens (primary N) is 1. The van der Waals surface area contributed by atoms with E-state index in [1.54, 1.807) is 18.2 Å². The van der Waals surface area contributed by atoms with Crippen LogP contribution < -0.4 is 5.73 Å².